The molecule has 2 N–H and O–H groups in total. The van der Waals surface area contributed by atoms with Gasteiger partial charge in [-0.25, -0.2) is 4.68 Å². The SMILES string of the molecule is Cc1cc(N)nn1-c1ccc2c(c1)CCC2. The molecule has 82 valence electrons. The Labute approximate surface area is 94.9 Å². The second kappa shape index (κ2) is 3.37. The lowest BCUT2D eigenvalue weighted by Crippen LogP contribution is -2.00. The summed E-state index contributed by atoms with van der Waals surface area (Å²) in [6.45, 7) is 2.02. The molecule has 3 rings (SSSR count). The number of nitrogen functional groups attached to an aromatic ring is 1. The first-order valence-corrected chi connectivity index (χ1v) is 5.68. The maximum absolute atomic E-state index is 5.70. The van der Waals surface area contributed by atoms with Gasteiger partial charge in [-0.15, -0.1) is 0 Å². The van der Waals surface area contributed by atoms with E-state index >= 15 is 0 Å². The van der Waals surface area contributed by atoms with E-state index in [0.29, 0.717) is 5.82 Å². The highest BCUT2D eigenvalue weighted by Crippen LogP contribution is 2.25. The van der Waals surface area contributed by atoms with Crippen molar-refractivity contribution in [3.8, 4) is 5.69 Å². The Kier molecular flexibility index (Phi) is 1.99. The van der Waals surface area contributed by atoms with Crippen molar-refractivity contribution in [2.45, 2.75) is 26.2 Å². The van der Waals surface area contributed by atoms with E-state index in [1.165, 1.54) is 30.4 Å². The summed E-state index contributed by atoms with van der Waals surface area (Å²) in [7, 11) is 0. The maximum Gasteiger partial charge on any atom is 0.146 e. The number of rotatable bonds is 1. The van der Waals surface area contributed by atoms with Gasteiger partial charge in [-0.05, 0) is 49.4 Å². The third-order valence-corrected chi connectivity index (χ3v) is 3.23. The van der Waals surface area contributed by atoms with Crippen molar-refractivity contribution in [3.05, 3.63) is 41.1 Å². The number of aromatic nitrogens is 2. The van der Waals surface area contributed by atoms with Crippen LogP contribution in [0.25, 0.3) is 5.69 Å². The maximum atomic E-state index is 5.70. The van der Waals surface area contributed by atoms with Crippen molar-refractivity contribution in [1.82, 2.24) is 9.78 Å². The van der Waals surface area contributed by atoms with Crippen LogP contribution in [0.4, 0.5) is 5.82 Å². The Morgan fingerprint density at radius 3 is 2.75 bits per heavy atom. The Bertz CT molecular complexity index is 540. The Balaban J connectivity index is 2.10. The van der Waals surface area contributed by atoms with E-state index in [1.807, 2.05) is 17.7 Å². The Morgan fingerprint density at radius 1 is 1.19 bits per heavy atom. The van der Waals surface area contributed by atoms with Crippen LogP contribution >= 0.6 is 0 Å². The van der Waals surface area contributed by atoms with Gasteiger partial charge in [0.2, 0.25) is 0 Å². The van der Waals surface area contributed by atoms with Gasteiger partial charge in [0.05, 0.1) is 5.69 Å². The van der Waals surface area contributed by atoms with E-state index in [0.717, 1.165) is 11.4 Å². The van der Waals surface area contributed by atoms with Gasteiger partial charge >= 0.3 is 0 Å². The molecule has 1 aliphatic carbocycles. The lowest BCUT2D eigenvalue weighted by molar-refractivity contribution is 0.849. The van der Waals surface area contributed by atoms with Gasteiger partial charge in [-0.3, -0.25) is 0 Å². The van der Waals surface area contributed by atoms with Gasteiger partial charge in [-0.1, -0.05) is 6.07 Å². The number of nitrogens with zero attached hydrogens (tertiary/aromatic N) is 2. The van der Waals surface area contributed by atoms with Crippen LogP contribution in [-0.2, 0) is 12.8 Å². The van der Waals surface area contributed by atoms with Gasteiger partial charge in [0, 0.05) is 11.8 Å². The van der Waals surface area contributed by atoms with Crippen molar-refractivity contribution in [3.63, 3.8) is 0 Å². The van der Waals surface area contributed by atoms with Gasteiger partial charge in [0.1, 0.15) is 5.82 Å². The Hall–Kier alpha value is -1.77. The van der Waals surface area contributed by atoms with Gasteiger partial charge in [-0.2, -0.15) is 5.10 Å². The molecule has 1 aromatic heterocycles. The molecular formula is C13H15N3. The zero-order valence-corrected chi connectivity index (χ0v) is 9.40. The predicted octanol–water partition coefficient (Wildman–Crippen LogP) is 2.25. The molecule has 1 aliphatic rings. The third kappa shape index (κ3) is 1.40. The molecule has 0 unspecified atom stereocenters. The van der Waals surface area contributed by atoms with Crippen LogP contribution in [0.2, 0.25) is 0 Å². The summed E-state index contributed by atoms with van der Waals surface area (Å²) in [6.07, 6.45) is 3.69. The summed E-state index contributed by atoms with van der Waals surface area (Å²) in [5, 5.41) is 4.30. The molecule has 0 atom stereocenters. The molecule has 3 nitrogen and oxygen atoms in total. The quantitative estimate of drug-likeness (QED) is 0.789. The number of benzene rings is 1. The molecule has 0 fully saturated rings. The summed E-state index contributed by atoms with van der Waals surface area (Å²) in [5.74, 6) is 0.581. The number of nitrogens with two attached hydrogens (primary N) is 1. The van der Waals surface area contributed by atoms with Crippen LogP contribution in [-0.4, -0.2) is 9.78 Å². The lowest BCUT2D eigenvalue weighted by atomic mass is 10.1. The van der Waals surface area contributed by atoms with Crippen molar-refractivity contribution >= 4 is 5.82 Å². The second-order valence-corrected chi connectivity index (χ2v) is 4.43. The fourth-order valence-corrected chi connectivity index (χ4v) is 2.45. The first kappa shape index (κ1) is 9.46. The highest BCUT2D eigenvalue weighted by molar-refractivity contribution is 5.44. The zero-order valence-electron chi connectivity index (χ0n) is 9.40. The summed E-state index contributed by atoms with van der Waals surface area (Å²) in [6, 6.07) is 8.48. The fraction of sp³-hybridized carbons (Fsp3) is 0.308. The molecule has 0 spiro atoms. The molecule has 1 aromatic carbocycles. The molecule has 0 saturated carbocycles. The van der Waals surface area contributed by atoms with Crippen LogP contribution in [0, 0.1) is 6.92 Å². The average Bonchev–Trinajstić information content (AvgIpc) is 2.83. The zero-order chi connectivity index (χ0) is 11.1. The molecule has 16 heavy (non-hydrogen) atoms. The third-order valence-electron chi connectivity index (χ3n) is 3.23. The molecular weight excluding hydrogens is 198 g/mol. The molecule has 0 radical (unpaired) electrons. The first-order valence-electron chi connectivity index (χ1n) is 5.68. The number of fused-ring (bicyclic) bond motifs is 1. The molecule has 0 aliphatic heterocycles. The smallest absolute Gasteiger partial charge is 0.146 e. The summed E-state index contributed by atoms with van der Waals surface area (Å²) in [5.41, 5.74) is 10.8. The molecule has 0 bridgehead atoms. The Morgan fingerprint density at radius 2 is 2.00 bits per heavy atom. The fourth-order valence-electron chi connectivity index (χ4n) is 2.45. The minimum absolute atomic E-state index is 0.581. The van der Waals surface area contributed by atoms with Gasteiger partial charge < -0.3 is 5.73 Å². The first-order chi connectivity index (χ1) is 7.74. The summed E-state index contributed by atoms with van der Waals surface area (Å²) < 4.78 is 1.91. The largest absolute Gasteiger partial charge is 0.382 e. The highest BCUT2D eigenvalue weighted by Gasteiger charge is 2.12. The molecule has 2 aromatic rings. The van der Waals surface area contributed by atoms with Gasteiger partial charge in [0.15, 0.2) is 0 Å². The summed E-state index contributed by atoms with van der Waals surface area (Å²) >= 11 is 0. The highest BCUT2D eigenvalue weighted by atomic mass is 15.3. The van der Waals surface area contributed by atoms with Crippen molar-refractivity contribution in [1.29, 1.82) is 0 Å². The van der Waals surface area contributed by atoms with Crippen molar-refractivity contribution < 1.29 is 0 Å². The van der Waals surface area contributed by atoms with E-state index in [4.69, 9.17) is 5.73 Å². The number of aryl methyl sites for hydroxylation is 3. The molecule has 0 amide bonds. The monoisotopic (exact) mass is 213 g/mol. The number of hydrogen-bond acceptors (Lipinski definition) is 2. The van der Waals surface area contributed by atoms with Crippen LogP contribution < -0.4 is 5.73 Å². The normalized spacial score (nSPS) is 14.1. The minimum atomic E-state index is 0.581. The van der Waals surface area contributed by atoms with Crippen LogP contribution in [0.5, 0.6) is 0 Å². The minimum Gasteiger partial charge on any atom is -0.382 e. The van der Waals surface area contributed by atoms with E-state index in [-0.39, 0.29) is 0 Å². The molecule has 1 heterocycles. The van der Waals surface area contributed by atoms with Crippen molar-refractivity contribution in [2.75, 3.05) is 5.73 Å². The predicted molar refractivity (Wildman–Crippen MR) is 64.7 cm³/mol. The van der Waals surface area contributed by atoms with E-state index < -0.39 is 0 Å². The van der Waals surface area contributed by atoms with Crippen LogP contribution in [0.15, 0.2) is 24.3 Å². The van der Waals surface area contributed by atoms with E-state index in [1.54, 1.807) is 0 Å². The van der Waals surface area contributed by atoms with Gasteiger partial charge in [0.25, 0.3) is 0 Å². The van der Waals surface area contributed by atoms with E-state index in [9.17, 15) is 0 Å². The molecule has 3 heteroatoms. The second-order valence-electron chi connectivity index (χ2n) is 4.43. The number of anilines is 1. The lowest BCUT2D eigenvalue weighted by Gasteiger charge is -2.06. The standard InChI is InChI=1S/C13H15N3/c1-9-7-13(14)15-16(9)12-6-5-10-3-2-4-11(10)8-12/h5-8H,2-4H2,1H3,(H2,14,15). The summed E-state index contributed by atoms with van der Waals surface area (Å²) in [4.78, 5) is 0. The topological polar surface area (TPSA) is 43.8 Å². The van der Waals surface area contributed by atoms with Crippen molar-refractivity contribution in [2.24, 2.45) is 0 Å². The molecule has 0 saturated heterocycles. The van der Waals surface area contributed by atoms with Crippen LogP contribution in [0.1, 0.15) is 23.2 Å². The van der Waals surface area contributed by atoms with Crippen LogP contribution in [0.3, 0.4) is 0 Å². The van der Waals surface area contributed by atoms with E-state index in [2.05, 4.69) is 23.3 Å². The number of hydrogen-bond donors (Lipinski definition) is 1. The average molecular weight is 213 g/mol.